The van der Waals surface area contributed by atoms with Crippen LogP contribution in [0.2, 0.25) is 0 Å². The van der Waals surface area contributed by atoms with Gasteiger partial charge < -0.3 is 9.55 Å². The summed E-state index contributed by atoms with van der Waals surface area (Å²) in [6, 6.07) is 10.7. The highest BCUT2D eigenvalue weighted by Gasteiger charge is 2.25. The second-order valence-corrected chi connectivity index (χ2v) is 5.72. The van der Waals surface area contributed by atoms with Gasteiger partial charge in [0.25, 0.3) is 0 Å². The normalized spacial score (nSPS) is 17.8. The fourth-order valence-corrected chi connectivity index (χ4v) is 3.51. The Bertz CT molecular complexity index is 786. The van der Waals surface area contributed by atoms with E-state index in [9.17, 15) is 4.91 Å². The molecule has 1 unspecified atom stereocenters. The molecule has 4 nitrogen and oxygen atoms in total. The summed E-state index contributed by atoms with van der Waals surface area (Å²) in [5.74, 6) is 0. The van der Waals surface area contributed by atoms with Crippen molar-refractivity contribution in [2.24, 2.45) is 5.18 Å². The fraction of sp³-hybridized carbons (Fsp3) is 0.294. The Morgan fingerprint density at radius 2 is 2.14 bits per heavy atom. The number of aryl methyl sites for hydroxylation is 1. The van der Waals surface area contributed by atoms with E-state index in [1.54, 1.807) is 0 Å². The summed E-state index contributed by atoms with van der Waals surface area (Å²) in [6.07, 6.45) is 7.72. The summed E-state index contributed by atoms with van der Waals surface area (Å²) in [6.45, 7) is 0.247. The largest absolute Gasteiger partial charge is 0.356 e. The van der Waals surface area contributed by atoms with Crippen molar-refractivity contribution in [2.75, 3.05) is 0 Å². The van der Waals surface area contributed by atoms with Crippen molar-refractivity contribution in [3.05, 3.63) is 64.5 Å². The molecule has 0 bridgehead atoms. The molecular weight excluding hydrogens is 262 g/mol. The molecule has 0 aliphatic heterocycles. The van der Waals surface area contributed by atoms with Gasteiger partial charge in [0, 0.05) is 29.0 Å². The van der Waals surface area contributed by atoms with E-state index in [-0.39, 0.29) is 6.54 Å². The molecule has 1 N–H and O–H groups in total. The zero-order chi connectivity index (χ0) is 14.2. The van der Waals surface area contributed by atoms with Crippen LogP contribution in [0.1, 0.15) is 35.7 Å². The molecule has 2 heterocycles. The van der Waals surface area contributed by atoms with Crippen molar-refractivity contribution >= 4 is 10.9 Å². The number of nitrogens with zero attached hydrogens (tertiary/aromatic N) is 2. The summed E-state index contributed by atoms with van der Waals surface area (Å²) in [7, 11) is 0. The van der Waals surface area contributed by atoms with Gasteiger partial charge in [0.2, 0.25) is 0 Å². The lowest BCUT2D eigenvalue weighted by atomic mass is 9.91. The minimum absolute atomic E-state index is 0.247. The lowest BCUT2D eigenvalue weighted by Gasteiger charge is -2.24. The minimum Gasteiger partial charge on any atom is -0.356 e. The van der Waals surface area contributed by atoms with Crippen LogP contribution in [-0.2, 0) is 13.0 Å². The molecule has 0 radical (unpaired) electrons. The quantitative estimate of drug-likeness (QED) is 0.719. The number of benzene rings is 1. The average Bonchev–Trinajstić information content (AvgIpc) is 3.14. The van der Waals surface area contributed by atoms with Crippen molar-refractivity contribution in [2.45, 2.75) is 31.8 Å². The first-order valence-corrected chi connectivity index (χ1v) is 7.42. The van der Waals surface area contributed by atoms with E-state index in [1.807, 2.05) is 6.07 Å². The van der Waals surface area contributed by atoms with E-state index < -0.39 is 0 Å². The van der Waals surface area contributed by atoms with Crippen LogP contribution < -0.4 is 0 Å². The first-order chi connectivity index (χ1) is 10.4. The number of nitrogens with one attached hydrogen (secondary N) is 1. The summed E-state index contributed by atoms with van der Waals surface area (Å²) in [5, 5.41) is 4.25. The molecule has 21 heavy (non-hydrogen) atoms. The van der Waals surface area contributed by atoms with Crippen molar-refractivity contribution in [3.8, 4) is 0 Å². The van der Waals surface area contributed by atoms with E-state index in [4.69, 9.17) is 0 Å². The maximum Gasteiger partial charge on any atom is 0.106 e. The van der Waals surface area contributed by atoms with Crippen LogP contribution in [0.15, 0.2) is 47.9 Å². The third kappa shape index (κ3) is 1.98. The number of rotatable bonds is 3. The van der Waals surface area contributed by atoms with Crippen molar-refractivity contribution in [3.63, 3.8) is 0 Å². The molecule has 0 fully saturated rings. The molecule has 2 aromatic heterocycles. The third-order valence-electron chi connectivity index (χ3n) is 4.48. The zero-order valence-electron chi connectivity index (χ0n) is 11.7. The number of aromatic nitrogens is 2. The van der Waals surface area contributed by atoms with E-state index in [2.05, 4.69) is 51.4 Å². The van der Waals surface area contributed by atoms with Gasteiger partial charge in [0.15, 0.2) is 0 Å². The monoisotopic (exact) mass is 279 g/mol. The van der Waals surface area contributed by atoms with Gasteiger partial charge in [-0.25, -0.2) is 0 Å². The number of fused-ring (bicyclic) bond motifs is 3. The Morgan fingerprint density at radius 1 is 1.29 bits per heavy atom. The first-order valence-electron chi connectivity index (χ1n) is 7.42. The fourth-order valence-electron chi connectivity index (χ4n) is 3.51. The van der Waals surface area contributed by atoms with Crippen LogP contribution in [-0.4, -0.2) is 9.55 Å². The van der Waals surface area contributed by atoms with Gasteiger partial charge in [-0.2, -0.15) is 4.91 Å². The maximum atomic E-state index is 10.5. The van der Waals surface area contributed by atoms with E-state index in [0.29, 0.717) is 6.04 Å². The molecule has 1 atom stereocenters. The van der Waals surface area contributed by atoms with Crippen LogP contribution in [0.5, 0.6) is 0 Å². The number of H-pyrrole nitrogens is 1. The van der Waals surface area contributed by atoms with Crippen molar-refractivity contribution in [1.29, 1.82) is 0 Å². The van der Waals surface area contributed by atoms with Gasteiger partial charge in [-0.05, 0) is 54.7 Å². The van der Waals surface area contributed by atoms with Gasteiger partial charge in [0.05, 0.1) is 6.04 Å². The molecule has 4 rings (SSSR count). The Kier molecular flexibility index (Phi) is 2.88. The number of nitroso groups, excluding NO2 is 1. The third-order valence-corrected chi connectivity index (χ3v) is 4.48. The highest BCUT2D eigenvalue weighted by Crippen LogP contribution is 2.37. The van der Waals surface area contributed by atoms with Crippen LogP contribution in [0.3, 0.4) is 0 Å². The highest BCUT2D eigenvalue weighted by molar-refractivity contribution is 5.85. The molecule has 1 aromatic carbocycles. The Morgan fingerprint density at radius 3 is 2.95 bits per heavy atom. The summed E-state index contributed by atoms with van der Waals surface area (Å²) < 4.78 is 2.28. The van der Waals surface area contributed by atoms with E-state index >= 15 is 0 Å². The molecule has 0 spiro atoms. The Labute approximate surface area is 122 Å². The molecule has 1 aliphatic rings. The molecule has 0 saturated heterocycles. The molecule has 4 heteroatoms. The van der Waals surface area contributed by atoms with Crippen molar-refractivity contribution < 1.29 is 0 Å². The van der Waals surface area contributed by atoms with Crippen LogP contribution in [0.25, 0.3) is 10.9 Å². The second kappa shape index (κ2) is 4.88. The lowest BCUT2D eigenvalue weighted by Crippen LogP contribution is -2.15. The highest BCUT2D eigenvalue weighted by atomic mass is 16.3. The number of hydrogen-bond donors (Lipinski definition) is 1. The zero-order valence-corrected chi connectivity index (χ0v) is 11.7. The first kappa shape index (κ1) is 12.4. The molecule has 0 amide bonds. The van der Waals surface area contributed by atoms with Crippen LogP contribution in [0.4, 0.5) is 0 Å². The van der Waals surface area contributed by atoms with E-state index in [0.717, 1.165) is 23.9 Å². The molecule has 0 saturated carbocycles. The molecule has 106 valence electrons. The van der Waals surface area contributed by atoms with Crippen LogP contribution >= 0.6 is 0 Å². The predicted molar refractivity (Wildman–Crippen MR) is 83.3 cm³/mol. The van der Waals surface area contributed by atoms with Crippen molar-refractivity contribution in [1.82, 2.24) is 9.55 Å². The summed E-state index contributed by atoms with van der Waals surface area (Å²) in [4.78, 5) is 14.1. The van der Waals surface area contributed by atoms with Gasteiger partial charge in [-0.3, -0.25) is 0 Å². The van der Waals surface area contributed by atoms with Gasteiger partial charge in [-0.1, -0.05) is 11.2 Å². The Balaban J connectivity index is 1.86. The SMILES string of the molecule is O=NCc1ccc2[nH]c3c(c2c1)CCCC3n1cccc1. The number of aromatic amines is 1. The van der Waals surface area contributed by atoms with E-state index in [1.165, 1.54) is 23.1 Å². The summed E-state index contributed by atoms with van der Waals surface area (Å²) >= 11 is 0. The summed E-state index contributed by atoms with van der Waals surface area (Å²) in [5.41, 5.74) is 4.88. The molecule has 1 aliphatic carbocycles. The van der Waals surface area contributed by atoms with Gasteiger partial charge >= 0.3 is 0 Å². The Hall–Kier alpha value is -2.36. The number of hydrogen-bond acceptors (Lipinski definition) is 2. The van der Waals surface area contributed by atoms with Gasteiger partial charge in [-0.15, -0.1) is 0 Å². The standard InChI is InChI=1S/C17H17N3O/c21-18-11-12-6-7-15-14(10-12)13-4-3-5-16(17(13)19-15)20-8-1-2-9-20/h1-2,6-10,16,19H,3-5,11H2. The maximum absolute atomic E-state index is 10.5. The smallest absolute Gasteiger partial charge is 0.106 e. The topological polar surface area (TPSA) is 50.1 Å². The minimum atomic E-state index is 0.247. The lowest BCUT2D eigenvalue weighted by molar-refractivity contribution is 0.484. The molecule has 3 aromatic rings. The van der Waals surface area contributed by atoms with Crippen LogP contribution in [0, 0.1) is 4.91 Å². The second-order valence-electron chi connectivity index (χ2n) is 5.72. The predicted octanol–water partition coefficient (Wildman–Crippen LogP) is 4.16. The van der Waals surface area contributed by atoms with Gasteiger partial charge in [0.1, 0.15) is 6.54 Å². The molecular formula is C17H17N3O. The average molecular weight is 279 g/mol.